The second kappa shape index (κ2) is 20.5. The number of hydrogen-bond donors (Lipinski definition) is 3. The Hall–Kier alpha value is -7.50. The van der Waals surface area contributed by atoms with Crippen LogP contribution in [0, 0.1) is 24.0 Å². The maximum absolute atomic E-state index is 17.2. The molecule has 0 aliphatic carbocycles. The number of aryl methyl sites for hydroxylation is 1. The van der Waals surface area contributed by atoms with Crippen molar-refractivity contribution in [1.29, 1.82) is 0 Å². The fourth-order valence-electron chi connectivity index (χ4n) is 13.3. The van der Waals surface area contributed by atoms with Gasteiger partial charge in [0.1, 0.15) is 42.1 Å². The highest BCUT2D eigenvalue weighted by atomic mass is 19.1. The zero-order chi connectivity index (χ0) is 53.1. The number of imide groups is 1. The normalized spacial score (nSPS) is 23.7. The predicted molar refractivity (Wildman–Crippen MR) is 283 cm³/mol. The summed E-state index contributed by atoms with van der Waals surface area (Å²) >= 11 is 0. The van der Waals surface area contributed by atoms with Crippen LogP contribution in [-0.4, -0.2) is 134 Å². The number of rotatable bonds is 13. The Morgan fingerprint density at radius 3 is 2.56 bits per heavy atom. The lowest BCUT2D eigenvalue weighted by molar-refractivity contribution is -0.136. The Labute approximate surface area is 442 Å². The third-order valence-corrected chi connectivity index (χ3v) is 17.3. The highest BCUT2D eigenvalue weighted by Crippen LogP contribution is 2.44. The predicted octanol–water partition coefficient (Wildman–Crippen LogP) is 5.96. The van der Waals surface area contributed by atoms with Crippen LogP contribution in [0.5, 0.6) is 6.01 Å². The third-order valence-electron chi connectivity index (χ3n) is 17.3. The first-order chi connectivity index (χ1) is 37.4. The van der Waals surface area contributed by atoms with Crippen LogP contribution in [0.3, 0.4) is 0 Å². The quantitative estimate of drug-likeness (QED) is 0.0696. The van der Waals surface area contributed by atoms with Crippen LogP contribution >= 0.6 is 0 Å². The van der Waals surface area contributed by atoms with Gasteiger partial charge in [0.2, 0.25) is 17.7 Å². The van der Waals surface area contributed by atoms with Gasteiger partial charge in [-0.2, -0.15) is 9.97 Å². The summed E-state index contributed by atoms with van der Waals surface area (Å²) in [7, 11) is 1.68. The van der Waals surface area contributed by atoms with Crippen LogP contribution in [0.2, 0.25) is 0 Å². The summed E-state index contributed by atoms with van der Waals surface area (Å²) in [5, 5.41) is 10.3. The van der Waals surface area contributed by atoms with Gasteiger partial charge in [0, 0.05) is 87.9 Å². The molecule has 0 saturated carbocycles. The number of pyridine rings is 1. The van der Waals surface area contributed by atoms with Gasteiger partial charge >= 0.3 is 17.8 Å². The summed E-state index contributed by atoms with van der Waals surface area (Å²) in [5.41, 5.74) is 2.21. The molecule has 2 bridgehead atoms. The number of carbonyl (C=O) groups is 4. The number of terminal acetylenes is 1. The van der Waals surface area contributed by atoms with Crippen LogP contribution in [0.1, 0.15) is 100 Å². The number of imidazole rings is 1. The SMILES string of the molecule is C#Cc1c(F)ccc2cccc(-c3ncc4c(N5CC6CCC(C5)N6)nc(OC[C@@]56CCCN5[C@H](COC(=O)NCCCC(=O)N5CCC(c7ccc8c(c7)n(C)c(=O)n8C7CCC(=O)NC7=O)CC5)CC6)nc4c3F)c12. The van der Waals surface area contributed by atoms with E-state index in [-0.39, 0.29) is 109 Å². The minimum atomic E-state index is -0.746. The van der Waals surface area contributed by atoms with Crippen LogP contribution in [0.4, 0.5) is 19.4 Å². The zero-order valence-electron chi connectivity index (χ0n) is 43.0. The standard InChI is InChI=1S/C57H61F2N11O7/c1-3-39-42(58)14-10-34-7-4-8-40(48(34)39)50-49(59)51-41(28-61-50)52(68-29-36-12-13-37(30-68)62-36)65-54(64-51)77-32-57-21-6-24-69(57)38(18-22-57)31-76-55(74)60-23-5-9-47(72)67-25-19-33(20-26-67)35-11-15-43-45(27-35)66(2)56(75)70(43)44-16-17-46(71)63-53(44)73/h1,4,7-8,10-11,14-15,27-28,33,36-38,44,62H,5-6,9,12-13,16-26,29-32H2,2H3,(H,60,74)(H,63,71,73)/t36?,37?,38-,44?,57-/m0/s1. The van der Waals surface area contributed by atoms with Gasteiger partial charge in [0.05, 0.1) is 27.5 Å². The number of piperazine rings is 1. The van der Waals surface area contributed by atoms with Crippen molar-refractivity contribution in [2.24, 2.45) is 7.05 Å². The van der Waals surface area contributed by atoms with Crippen LogP contribution in [-0.2, 0) is 26.2 Å². The number of nitrogens with zero attached hydrogens (tertiary/aromatic N) is 8. The first-order valence-corrected chi connectivity index (χ1v) is 27.0. The molecule has 5 atom stereocenters. The van der Waals surface area contributed by atoms with E-state index >= 15 is 8.78 Å². The first-order valence-electron chi connectivity index (χ1n) is 27.0. The molecule has 4 amide bonds. The molecule has 400 valence electrons. The largest absolute Gasteiger partial charge is 0.461 e. The molecule has 3 aromatic carbocycles. The topological polar surface area (TPSA) is 198 Å². The second-order valence-corrected chi connectivity index (χ2v) is 21.7. The van der Waals surface area contributed by atoms with Crippen molar-refractivity contribution in [3.8, 4) is 29.6 Å². The molecule has 12 rings (SSSR count). The maximum Gasteiger partial charge on any atom is 0.407 e. The van der Waals surface area contributed by atoms with Crippen molar-refractivity contribution in [3.63, 3.8) is 0 Å². The summed E-state index contributed by atoms with van der Waals surface area (Å²) < 4.78 is 47.6. The smallest absolute Gasteiger partial charge is 0.407 e. The molecule has 18 nitrogen and oxygen atoms in total. The Morgan fingerprint density at radius 1 is 0.948 bits per heavy atom. The molecule has 20 heteroatoms. The summed E-state index contributed by atoms with van der Waals surface area (Å²) in [6.07, 6.45) is 15.0. The van der Waals surface area contributed by atoms with Crippen LogP contribution in [0.25, 0.3) is 44.0 Å². The lowest BCUT2D eigenvalue weighted by Crippen LogP contribution is -2.51. The number of fused-ring (bicyclic) bond motifs is 6. The Bertz CT molecular complexity index is 3470. The monoisotopic (exact) mass is 1050 g/mol. The number of nitrogens with one attached hydrogen (secondary N) is 3. The Kier molecular flexibility index (Phi) is 13.4. The molecule has 6 saturated heterocycles. The van der Waals surface area contributed by atoms with Crippen molar-refractivity contribution in [3.05, 3.63) is 88.0 Å². The Morgan fingerprint density at radius 2 is 1.77 bits per heavy atom. The van der Waals surface area contributed by atoms with E-state index < -0.39 is 29.7 Å². The molecular formula is C57H61F2N11O7. The maximum atomic E-state index is 17.2. The molecule has 3 aromatic heterocycles. The van der Waals surface area contributed by atoms with Crippen molar-refractivity contribution in [2.45, 2.75) is 113 Å². The molecule has 6 aliphatic heterocycles. The van der Waals surface area contributed by atoms with Gasteiger partial charge in [-0.3, -0.25) is 38.7 Å². The molecule has 3 N–H and O–H groups in total. The van der Waals surface area contributed by atoms with E-state index in [4.69, 9.17) is 25.9 Å². The van der Waals surface area contributed by atoms with E-state index in [1.54, 1.807) is 42.1 Å². The highest BCUT2D eigenvalue weighted by Gasteiger charge is 2.50. The number of ether oxygens (including phenoxy) is 2. The lowest BCUT2D eigenvalue weighted by Gasteiger charge is -2.35. The van der Waals surface area contributed by atoms with E-state index in [2.05, 4.69) is 36.7 Å². The molecule has 6 fully saturated rings. The number of likely N-dealkylation sites (tertiary alicyclic amines) is 1. The lowest BCUT2D eigenvalue weighted by atomic mass is 9.89. The van der Waals surface area contributed by atoms with Gasteiger partial charge in [0.25, 0.3) is 0 Å². The summed E-state index contributed by atoms with van der Waals surface area (Å²) in [6, 6.07) is 13.9. The molecule has 77 heavy (non-hydrogen) atoms. The highest BCUT2D eigenvalue weighted by molar-refractivity contribution is 6.02. The fraction of sp³-hybridized carbons (Fsp3) is 0.474. The summed E-state index contributed by atoms with van der Waals surface area (Å²) in [6.45, 7) is 4.10. The van der Waals surface area contributed by atoms with Gasteiger partial charge in [-0.05, 0) is 106 Å². The minimum Gasteiger partial charge on any atom is -0.461 e. The zero-order valence-corrected chi connectivity index (χ0v) is 43.0. The third kappa shape index (κ3) is 9.30. The van der Waals surface area contributed by atoms with Crippen molar-refractivity contribution in [2.75, 3.05) is 57.4 Å². The van der Waals surface area contributed by atoms with E-state index in [1.165, 1.54) is 10.6 Å². The molecule has 6 aliphatic rings. The average molecular weight is 1050 g/mol. The van der Waals surface area contributed by atoms with E-state index in [9.17, 15) is 24.0 Å². The average Bonchev–Trinajstić information content (AvgIpc) is 4.27. The molecule has 0 radical (unpaired) electrons. The number of piperidine rings is 2. The van der Waals surface area contributed by atoms with E-state index in [0.717, 1.165) is 63.5 Å². The van der Waals surface area contributed by atoms with Gasteiger partial charge in [-0.1, -0.05) is 36.3 Å². The second-order valence-electron chi connectivity index (χ2n) is 21.7. The molecular weight excluding hydrogens is 989 g/mol. The van der Waals surface area contributed by atoms with Crippen molar-refractivity contribution < 1.29 is 37.4 Å². The van der Waals surface area contributed by atoms with E-state index in [0.29, 0.717) is 71.2 Å². The number of amides is 4. The number of anilines is 1. The van der Waals surface area contributed by atoms with Crippen molar-refractivity contribution in [1.82, 2.24) is 49.8 Å². The number of carbonyl (C=O) groups excluding carboxylic acids is 4. The Balaban J connectivity index is 0.646. The first kappa shape index (κ1) is 50.3. The van der Waals surface area contributed by atoms with Gasteiger partial charge in [-0.15, -0.1) is 6.42 Å². The molecule has 3 unspecified atom stereocenters. The van der Waals surface area contributed by atoms with Crippen LogP contribution < -0.4 is 31.3 Å². The minimum absolute atomic E-state index is 0.00196. The number of halogens is 2. The van der Waals surface area contributed by atoms with Crippen molar-refractivity contribution >= 4 is 62.3 Å². The van der Waals surface area contributed by atoms with Gasteiger partial charge < -0.3 is 29.9 Å². The molecule has 6 aromatic rings. The summed E-state index contributed by atoms with van der Waals surface area (Å²) in [4.78, 5) is 84.6. The number of benzene rings is 3. The van der Waals surface area contributed by atoms with Crippen LogP contribution in [0.15, 0.2) is 59.5 Å². The molecule has 0 spiro atoms. The number of alkyl carbamates (subject to hydrolysis) is 1. The van der Waals surface area contributed by atoms with Gasteiger partial charge in [-0.25, -0.2) is 18.4 Å². The van der Waals surface area contributed by atoms with Gasteiger partial charge in [0.15, 0.2) is 5.82 Å². The fourth-order valence-corrected chi connectivity index (χ4v) is 13.3. The number of aromatic nitrogens is 5. The number of hydrogen-bond acceptors (Lipinski definition) is 13. The summed E-state index contributed by atoms with van der Waals surface area (Å²) in [5.74, 6) is 1.17. The van der Waals surface area contributed by atoms with E-state index in [1.807, 2.05) is 23.1 Å². The molecule has 9 heterocycles.